The van der Waals surface area contributed by atoms with Crippen LogP contribution in [0.25, 0.3) is 0 Å². The van der Waals surface area contributed by atoms with Gasteiger partial charge in [0, 0.05) is 41.1 Å². The lowest BCUT2D eigenvalue weighted by Gasteiger charge is -2.29. The second kappa shape index (κ2) is 7.32. The van der Waals surface area contributed by atoms with Crippen molar-refractivity contribution in [3.63, 3.8) is 0 Å². The van der Waals surface area contributed by atoms with Crippen molar-refractivity contribution in [3.8, 4) is 0 Å². The van der Waals surface area contributed by atoms with Crippen LogP contribution in [0.2, 0.25) is 4.47 Å². The number of rotatable bonds is 5. The molecule has 1 saturated heterocycles. The van der Waals surface area contributed by atoms with E-state index in [1.807, 2.05) is 12.1 Å². The number of thiazole rings is 1. The highest BCUT2D eigenvalue weighted by atomic mass is 35.5. The molecule has 2 aromatic rings. The molecule has 23 heavy (non-hydrogen) atoms. The Balaban J connectivity index is 1.77. The Labute approximate surface area is 145 Å². The monoisotopic (exact) mass is 349 g/mol. The number of carbonyl (C=O) groups excluding carboxylic acids is 1. The first-order valence-corrected chi connectivity index (χ1v) is 9.07. The lowest BCUT2D eigenvalue weighted by molar-refractivity contribution is 0.101. The number of Topliss-reactive ketones (excluding diaryl/α,β-unsaturated/α-hetero) is 1. The number of nitrogens with zero attached hydrogens (tertiary/aromatic N) is 2. The number of carbonyl (C=O) groups is 1. The van der Waals surface area contributed by atoms with Gasteiger partial charge in [-0.15, -0.1) is 11.3 Å². The Morgan fingerprint density at radius 3 is 2.78 bits per heavy atom. The molecule has 3 rings (SSSR count). The first kappa shape index (κ1) is 16.3. The van der Waals surface area contributed by atoms with Crippen LogP contribution in [0.4, 0.5) is 11.4 Å². The molecule has 0 spiro atoms. The minimum Gasteiger partial charge on any atom is -0.379 e. The van der Waals surface area contributed by atoms with Crippen molar-refractivity contribution in [2.75, 3.05) is 23.3 Å². The minimum absolute atomic E-state index is 0.0775. The molecule has 1 fully saturated rings. The van der Waals surface area contributed by atoms with E-state index in [9.17, 15) is 4.79 Å². The summed E-state index contributed by atoms with van der Waals surface area (Å²) in [7, 11) is 0. The zero-order chi connectivity index (χ0) is 16.2. The highest BCUT2D eigenvalue weighted by Crippen LogP contribution is 2.27. The van der Waals surface area contributed by atoms with Gasteiger partial charge in [0.25, 0.3) is 0 Å². The third-order valence-electron chi connectivity index (χ3n) is 4.08. The maximum atomic E-state index is 12.0. The van der Waals surface area contributed by atoms with Gasteiger partial charge in [-0.05, 0) is 44.4 Å². The van der Waals surface area contributed by atoms with Gasteiger partial charge in [-0.1, -0.05) is 11.6 Å². The molecule has 2 heterocycles. The van der Waals surface area contributed by atoms with E-state index >= 15 is 0 Å². The number of hydrogen-bond donors (Lipinski definition) is 1. The molecule has 122 valence electrons. The lowest BCUT2D eigenvalue weighted by atomic mass is 10.1. The summed E-state index contributed by atoms with van der Waals surface area (Å²) in [6.45, 7) is 4.38. The van der Waals surface area contributed by atoms with Gasteiger partial charge >= 0.3 is 0 Å². The van der Waals surface area contributed by atoms with E-state index in [-0.39, 0.29) is 5.78 Å². The van der Waals surface area contributed by atoms with Gasteiger partial charge in [-0.25, -0.2) is 4.98 Å². The maximum absolute atomic E-state index is 12.0. The number of hydrogen-bond acceptors (Lipinski definition) is 5. The molecule has 6 heteroatoms. The molecule has 0 radical (unpaired) electrons. The summed E-state index contributed by atoms with van der Waals surface area (Å²) in [5.74, 6) is 0.0775. The highest BCUT2D eigenvalue weighted by molar-refractivity contribution is 7.15. The standard InChI is InChI=1S/C17H20ClN3OS/c1-12(22)15-9-13(21-7-3-2-4-8-21)5-6-16(15)19-10-14-11-20-17(18)23-14/h5-6,9,11,19H,2-4,7-8,10H2,1H3. The van der Waals surface area contributed by atoms with Gasteiger partial charge in [0.1, 0.15) is 0 Å². The Bertz CT molecular complexity index is 695. The van der Waals surface area contributed by atoms with Crippen molar-refractivity contribution in [3.05, 3.63) is 39.3 Å². The normalized spacial score (nSPS) is 14.8. The number of piperidine rings is 1. The van der Waals surface area contributed by atoms with Crippen LogP contribution in [0.3, 0.4) is 0 Å². The Morgan fingerprint density at radius 2 is 2.13 bits per heavy atom. The average Bonchev–Trinajstić information content (AvgIpc) is 2.99. The van der Waals surface area contributed by atoms with Crippen LogP contribution < -0.4 is 10.2 Å². The van der Waals surface area contributed by atoms with E-state index in [2.05, 4.69) is 21.3 Å². The largest absolute Gasteiger partial charge is 0.379 e. The molecular weight excluding hydrogens is 330 g/mol. The molecule has 0 aliphatic carbocycles. The first-order valence-electron chi connectivity index (χ1n) is 7.87. The molecule has 1 aliphatic heterocycles. The van der Waals surface area contributed by atoms with E-state index in [0.717, 1.165) is 34.9 Å². The number of anilines is 2. The molecule has 1 aromatic heterocycles. The molecular formula is C17H20ClN3OS. The number of halogens is 1. The van der Waals surface area contributed by atoms with Crippen LogP contribution in [0, 0.1) is 0 Å². The highest BCUT2D eigenvalue weighted by Gasteiger charge is 2.15. The summed E-state index contributed by atoms with van der Waals surface area (Å²) >= 11 is 7.30. The van der Waals surface area contributed by atoms with Crippen LogP contribution in [-0.4, -0.2) is 23.9 Å². The molecule has 1 aliphatic rings. The minimum atomic E-state index is 0.0775. The van der Waals surface area contributed by atoms with E-state index in [4.69, 9.17) is 11.6 Å². The van der Waals surface area contributed by atoms with Gasteiger partial charge in [0.05, 0.1) is 6.54 Å². The summed E-state index contributed by atoms with van der Waals surface area (Å²) in [6.07, 6.45) is 5.51. The van der Waals surface area contributed by atoms with E-state index in [1.54, 1.807) is 13.1 Å². The van der Waals surface area contributed by atoms with Crippen molar-refractivity contribution in [1.82, 2.24) is 4.98 Å². The second-order valence-electron chi connectivity index (χ2n) is 5.77. The summed E-state index contributed by atoms with van der Waals surface area (Å²) in [4.78, 5) is 19.5. The van der Waals surface area contributed by atoms with Gasteiger partial charge < -0.3 is 10.2 Å². The Hall–Kier alpha value is -1.59. The summed E-state index contributed by atoms with van der Waals surface area (Å²) in [5.41, 5.74) is 2.74. The van der Waals surface area contributed by atoms with Crippen LogP contribution >= 0.6 is 22.9 Å². The second-order valence-corrected chi connectivity index (χ2v) is 7.46. The molecule has 0 amide bonds. The topological polar surface area (TPSA) is 45.2 Å². The number of ketones is 1. The lowest BCUT2D eigenvalue weighted by Crippen LogP contribution is -2.29. The van der Waals surface area contributed by atoms with Crippen molar-refractivity contribution in [2.24, 2.45) is 0 Å². The number of nitrogens with one attached hydrogen (secondary N) is 1. The van der Waals surface area contributed by atoms with E-state index in [1.165, 1.54) is 30.6 Å². The predicted molar refractivity (Wildman–Crippen MR) is 97.0 cm³/mol. The molecule has 0 saturated carbocycles. The third kappa shape index (κ3) is 4.03. The van der Waals surface area contributed by atoms with E-state index in [0.29, 0.717) is 11.0 Å². The Morgan fingerprint density at radius 1 is 1.35 bits per heavy atom. The first-order chi connectivity index (χ1) is 11.1. The maximum Gasteiger partial charge on any atom is 0.183 e. The van der Waals surface area contributed by atoms with Crippen molar-refractivity contribution in [1.29, 1.82) is 0 Å². The fraction of sp³-hybridized carbons (Fsp3) is 0.412. The zero-order valence-electron chi connectivity index (χ0n) is 13.1. The van der Waals surface area contributed by atoms with Crippen LogP contribution in [0.5, 0.6) is 0 Å². The van der Waals surface area contributed by atoms with Crippen LogP contribution in [0.15, 0.2) is 24.4 Å². The summed E-state index contributed by atoms with van der Waals surface area (Å²) < 4.78 is 0.536. The average molecular weight is 350 g/mol. The van der Waals surface area contributed by atoms with E-state index < -0.39 is 0 Å². The fourth-order valence-electron chi connectivity index (χ4n) is 2.87. The van der Waals surface area contributed by atoms with Gasteiger partial charge in [0.2, 0.25) is 0 Å². The van der Waals surface area contributed by atoms with Gasteiger partial charge in [0.15, 0.2) is 10.3 Å². The molecule has 0 atom stereocenters. The third-order valence-corrected chi connectivity index (χ3v) is 5.20. The summed E-state index contributed by atoms with van der Waals surface area (Å²) in [5, 5.41) is 3.33. The number of benzene rings is 1. The summed E-state index contributed by atoms with van der Waals surface area (Å²) in [6, 6.07) is 6.11. The van der Waals surface area contributed by atoms with Gasteiger partial charge in [-0.3, -0.25) is 4.79 Å². The SMILES string of the molecule is CC(=O)c1cc(N2CCCCC2)ccc1NCc1cnc(Cl)s1. The fourth-order valence-corrected chi connectivity index (χ4v) is 3.79. The quantitative estimate of drug-likeness (QED) is 0.801. The zero-order valence-corrected chi connectivity index (χ0v) is 14.7. The molecule has 1 aromatic carbocycles. The Kier molecular flexibility index (Phi) is 5.18. The molecule has 1 N–H and O–H groups in total. The van der Waals surface area contributed by atoms with Gasteiger partial charge in [-0.2, -0.15) is 0 Å². The van der Waals surface area contributed by atoms with Crippen molar-refractivity contribution >= 4 is 40.1 Å². The molecule has 4 nitrogen and oxygen atoms in total. The van der Waals surface area contributed by atoms with Crippen LogP contribution in [-0.2, 0) is 6.54 Å². The molecule has 0 unspecified atom stereocenters. The van der Waals surface area contributed by atoms with Crippen molar-refractivity contribution < 1.29 is 4.79 Å². The van der Waals surface area contributed by atoms with Crippen LogP contribution in [0.1, 0.15) is 41.4 Å². The predicted octanol–water partition coefficient (Wildman–Crippen LogP) is 4.60. The smallest absolute Gasteiger partial charge is 0.183 e. The molecule has 0 bridgehead atoms. The van der Waals surface area contributed by atoms with Crippen molar-refractivity contribution in [2.45, 2.75) is 32.7 Å². The number of aromatic nitrogens is 1.